The smallest absolute Gasteiger partial charge is 0.232 e. The van der Waals surface area contributed by atoms with E-state index in [9.17, 15) is 4.79 Å². The van der Waals surface area contributed by atoms with Crippen LogP contribution in [0, 0.1) is 5.92 Å². The number of ether oxygens (including phenoxy) is 1. The predicted molar refractivity (Wildman–Crippen MR) is 78.8 cm³/mol. The number of carbonyl (C=O) groups excluding carboxylic acids is 1. The zero-order chi connectivity index (χ0) is 14.5. The van der Waals surface area contributed by atoms with Crippen LogP contribution in [0.15, 0.2) is 18.6 Å². The molecule has 0 N–H and O–H groups in total. The predicted octanol–water partition coefficient (Wildman–Crippen LogP) is 2.43. The summed E-state index contributed by atoms with van der Waals surface area (Å²) in [5, 5.41) is 0. The van der Waals surface area contributed by atoms with Gasteiger partial charge in [0.25, 0.3) is 0 Å². The fourth-order valence-electron chi connectivity index (χ4n) is 3.32. The third-order valence-corrected chi connectivity index (χ3v) is 4.53. The van der Waals surface area contributed by atoms with Crippen molar-refractivity contribution in [3.63, 3.8) is 0 Å². The molecule has 0 unspecified atom stereocenters. The van der Waals surface area contributed by atoms with Gasteiger partial charge >= 0.3 is 0 Å². The van der Waals surface area contributed by atoms with E-state index in [2.05, 4.69) is 9.97 Å². The molecule has 0 spiro atoms. The molecule has 1 aromatic rings. The molecule has 2 heterocycles. The van der Waals surface area contributed by atoms with E-state index in [4.69, 9.17) is 4.74 Å². The standard InChI is InChI=1S/C16H23N3O2/c20-16(13-4-2-1-3-5-13)19-10-6-14(7-11-19)21-15-12-17-8-9-18-15/h8-9,12-14H,1-7,10-11H2. The number of hydrogen-bond acceptors (Lipinski definition) is 4. The van der Waals surface area contributed by atoms with Gasteiger partial charge in [-0.1, -0.05) is 19.3 Å². The van der Waals surface area contributed by atoms with Crippen molar-refractivity contribution in [2.75, 3.05) is 13.1 Å². The number of nitrogens with zero attached hydrogens (tertiary/aromatic N) is 3. The Bertz CT molecular complexity index is 452. The van der Waals surface area contributed by atoms with Crippen molar-refractivity contribution >= 4 is 5.91 Å². The van der Waals surface area contributed by atoms with Gasteiger partial charge in [0, 0.05) is 44.2 Å². The van der Waals surface area contributed by atoms with Crippen LogP contribution in [0.5, 0.6) is 5.88 Å². The third kappa shape index (κ3) is 3.71. The van der Waals surface area contributed by atoms with Crippen LogP contribution in [-0.2, 0) is 4.79 Å². The summed E-state index contributed by atoms with van der Waals surface area (Å²) in [6.07, 6.45) is 12.7. The molecule has 0 bridgehead atoms. The van der Waals surface area contributed by atoms with Gasteiger partial charge < -0.3 is 9.64 Å². The molecule has 0 atom stereocenters. The molecule has 0 radical (unpaired) electrons. The largest absolute Gasteiger partial charge is 0.473 e. The first-order valence-corrected chi connectivity index (χ1v) is 8.04. The highest BCUT2D eigenvalue weighted by Crippen LogP contribution is 2.27. The molecule has 1 saturated heterocycles. The van der Waals surface area contributed by atoms with Gasteiger partial charge in [0.15, 0.2) is 0 Å². The molecule has 5 nitrogen and oxygen atoms in total. The Morgan fingerprint density at radius 3 is 2.52 bits per heavy atom. The van der Waals surface area contributed by atoms with Crippen LogP contribution in [0.25, 0.3) is 0 Å². The lowest BCUT2D eigenvalue weighted by Gasteiger charge is -2.35. The molecule has 114 valence electrons. The monoisotopic (exact) mass is 289 g/mol. The molecule has 1 amide bonds. The maximum Gasteiger partial charge on any atom is 0.232 e. The Morgan fingerprint density at radius 2 is 1.86 bits per heavy atom. The Balaban J connectivity index is 1.47. The van der Waals surface area contributed by atoms with Crippen molar-refractivity contribution in [3.05, 3.63) is 18.6 Å². The fourth-order valence-corrected chi connectivity index (χ4v) is 3.32. The highest BCUT2D eigenvalue weighted by Gasteiger charge is 2.29. The highest BCUT2D eigenvalue weighted by molar-refractivity contribution is 5.79. The van der Waals surface area contributed by atoms with E-state index in [1.54, 1.807) is 18.6 Å². The van der Waals surface area contributed by atoms with Crippen LogP contribution in [0.4, 0.5) is 0 Å². The Labute approximate surface area is 125 Å². The van der Waals surface area contributed by atoms with Crippen LogP contribution in [0.3, 0.4) is 0 Å². The molecule has 2 aliphatic rings. The number of rotatable bonds is 3. The van der Waals surface area contributed by atoms with E-state index in [0.29, 0.717) is 11.8 Å². The molecule has 2 fully saturated rings. The summed E-state index contributed by atoms with van der Waals surface area (Å²) in [6.45, 7) is 1.61. The Kier molecular flexibility index (Phi) is 4.68. The molecule has 3 rings (SSSR count). The van der Waals surface area contributed by atoms with Crippen molar-refractivity contribution in [3.8, 4) is 5.88 Å². The summed E-state index contributed by atoms with van der Waals surface area (Å²) in [7, 11) is 0. The summed E-state index contributed by atoms with van der Waals surface area (Å²) in [6, 6.07) is 0. The van der Waals surface area contributed by atoms with Crippen molar-refractivity contribution < 1.29 is 9.53 Å². The second-order valence-electron chi connectivity index (χ2n) is 6.02. The molecule has 1 aliphatic heterocycles. The van der Waals surface area contributed by atoms with Crippen LogP contribution in [0.1, 0.15) is 44.9 Å². The zero-order valence-electron chi connectivity index (χ0n) is 12.4. The van der Waals surface area contributed by atoms with E-state index >= 15 is 0 Å². The minimum atomic E-state index is 0.150. The van der Waals surface area contributed by atoms with Gasteiger partial charge in [-0.2, -0.15) is 0 Å². The normalized spacial score (nSPS) is 21.2. The number of piperidine rings is 1. The zero-order valence-corrected chi connectivity index (χ0v) is 12.4. The average molecular weight is 289 g/mol. The molecule has 1 saturated carbocycles. The van der Waals surface area contributed by atoms with Gasteiger partial charge in [-0.15, -0.1) is 0 Å². The van der Waals surface area contributed by atoms with Gasteiger partial charge in [0.1, 0.15) is 6.10 Å². The first kappa shape index (κ1) is 14.3. The van der Waals surface area contributed by atoms with Crippen molar-refractivity contribution in [1.82, 2.24) is 14.9 Å². The first-order valence-electron chi connectivity index (χ1n) is 8.04. The summed E-state index contributed by atoms with van der Waals surface area (Å²) in [5.74, 6) is 1.22. The lowest BCUT2D eigenvalue weighted by molar-refractivity contribution is -0.138. The van der Waals surface area contributed by atoms with Gasteiger partial charge in [0.2, 0.25) is 11.8 Å². The fraction of sp³-hybridized carbons (Fsp3) is 0.688. The first-order chi connectivity index (χ1) is 10.3. The van der Waals surface area contributed by atoms with E-state index < -0.39 is 0 Å². The molecular weight excluding hydrogens is 266 g/mol. The summed E-state index contributed by atoms with van der Waals surface area (Å²) in [4.78, 5) is 22.7. The lowest BCUT2D eigenvalue weighted by Crippen LogP contribution is -2.44. The second kappa shape index (κ2) is 6.87. The maximum atomic E-state index is 12.5. The number of hydrogen-bond donors (Lipinski definition) is 0. The van der Waals surface area contributed by atoms with Crippen molar-refractivity contribution in [1.29, 1.82) is 0 Å². The van der Waals surface area contributed by atoms with Crippen LogP contribution >= 0.6 is 0 Å². The van der Waals surface area contributed by atoms with Gasteiger partial charge in [-0.05, 0) is 12.8 Å². The van der Waals surface area contributed by atoms with Crippen molar-refractivity contribution in [2.45, 2.75) is 51.0 Å². The van der Waals surface area contributed by atoms with Gasteiger partial charge in [-0.3, -0.25) is 9.78 Å². The Morgan fingerprint density at radius 1 is 1.10 bits per heavy atom. The second-order valence-corrected chi connectivity index (χ2v) is 6.02. The SMILES string of the molecule is O=C(C1CCCCC1)N1CCC(Oc2cnccn2)CC1. The highest BCUT2D eigenvalue weighted by atomic mass is 16.5. The van der Waals surface area contributed by atoms with Crippen LogP contribution in [-0.4, -0.2) is 40.0 Å². The van der Waals surface area contributed by atoms with Gasteiger partial charge in [0.05, 0.1) is 6.20 Å². The molecular formula is C16H23N3O2. The lowest BCUT2D eigenvalue weighted by atomic mass is 9.88. The quantitative estimate of drug-likeness (QED) is 0.857. The van der Waals surface area contributed by atoms with Crippen LogP contribution in [0.2, 0.25) is 0 Å². The molecule has 1 aliphatic carbocycles. The van der Waals surface area contributed by atoms with Crippen molar-refractivity contribution in [2.24, 2.45) is 5.92 Å². The summed E-state index contributed by atoms with van der Waals surface area (Å²) >= 11 is 0. The molecule has 0 aromatic carbocycles. The maximum absolute atomic E-state index is 12.5. The minimum absolute atomic E-state index is 0.150. The molecule has 5 heteroatoms. The van der Waals surface area contributed by atoms with E-state index in [1.165, 1.54) is 19.3 Å². The Hall–Kier alpha value is -1.65. The number of amides is 1. The van der Waals surface area contributed by atoms with Crippen LogP contribution < -0.4 is 4.74 Å². The molecule has 21 heavy (non-hydrogen) atoms. The van der Waals surface area contributed by atoms with E-state index in [0.717, 1.165) is 38.8 Å². The minimum Gasteiger partial charge on any atom is -0.473 e. The average Bonchev–Trinajstić information content (AvgIpc) is 2.57. The third-order valence-electron chi connectivity index (χ3n) is 4.53. The topological polar surface area (TPSA) is 55.3 Å². The number of likely N-dealkylation sites (tertiary alicyclic amines) is 1. The summed E-state index contributed by atoms with van der Waals surface area (Å²) < 4.78 is 5.82. The molecule has 1 aromatic heterocycles. The van der Waals surface area contributed by atoms with E-state index in [1.807, 2.05) is 4.90 Å². The number of aromatic nitrogens is 2. The van der Waals surface area contributed by atoms with E-state index in [-0.39, 0.29) is 12.0 Å². The summed E-state index contributed by atoms with van der Waals surface area (Å²) in [5.41, 5.74) is 0. The van der Waals surface area contributed by atoms with Gasteiger partial charge in [-0.25, -0.2) is 4.98 Å². The number of carbonyl (C=O) groups is 1.